The number of hydrogen-bond acceptors (Lipinski definition) is 5. The van der Waals surface area contributed by atoms with Gasteiger partial charge in [-0.3, -0.25) is 19.3 Å². The molecule has 0 aliphatic carbocycles. The van der Waals surface area contributed by atoms with Crippen molar-refractivity contribution in [3.63, 3.8) is 0 Å². The van der Waals surface area contributed by atoms with Crippen LogP contribution < -0.4 is 15.1 Å². The van der Waals surface area contributed by atoms with Crippen LogP contribution in [0, 0.1) is 0 Å². The lowest BCUT2D eigenvalue weighted by Gasteiger charge is -2.45. The van der Waals surface area contributed by atoms with Crippen LogP contribution in [0.2, 0.25) is 5.02 Å². The molecule has 1 unspecified atom stereocenters. The molecule has 9 heteroatoms. The van der Waals surface area contributed by atoms with Crippen molar-refractivity contribution in [2.24, 2.45) is 0 Å². The molecule has 0 saturated carbocycles. The fourth-order valence-corrected chi connectivity index (χ4v) is 5.04. The average molecular weight is 468 g/mol. The average Bonchev–Trinajstić information content (AvgIpc) is 3.37. The lowest BCUT2D eigenvalue weighted by Crippen LogP contribution is -2.56. The number of fused-ring (bicyclic) bond motifs is 3. The number of aromatic nitrogens is 1. The molecule has 172 valence electrons. The van der Waals surface area contributed by atoms with E-state index in [4.69, 9.17) is 11.6 Å². The van der Waals surface area contributed by atoms with Gasteiger partial charge in [-0.1, -0.05) is 11.6 Å². The van der Waals surface area contributed by atoms with E-state index in [1.807, 2.05) is 17.0 Å². The van der Waals surface area contributed by atoms with Gasteiger partial charge < -0.3 is 15.1 Å². The lowest BCUT2D eigenvalue weighted by molar-refractivity contribution is -0.123. The topological polar surface area (TPSA) is 85.9 Å². The number of nitrogens with zero attached hydrogens (tertiary/aromatic N) is 4. The van der Waals surface area contributed by atoms with E-state index in [1.54, 1.807) is 18.2 Å². The standard InChI is InChI=1S/C24H26ClN5O3/c25-17-7-9-21(26-14-17)27-22(31)15-30-20-13-16(23(32)28-10-3-4-11-28)6-8-18(20)29-12-2-1-5-19(29)24(30)33/h6-9,13-14,19H,1-5,10-12,15H2,(H,26,27,31). The summed E-state index contributed by atoms with van der Waals surface area (Å²) in [4.78, 5) is 48.9. The molecule has 0 spiro atoms. The molecule has 1 N–H and O–H groups in total. The van der Waals surface area contributed by atoms with Gasteiger partial charge in [0.2, 0.25) is 11.8 Å². The first-order valence-electron chi connectivity index (χ1n) is 11.4. The zero-order valence-electron chi connectivity index (χ0n) is 18.3. The number of carbonyl (C=O) groups excluding carboxylic acids is 3. The van der Waals surface area contributed by atoms with Gasteiger partial charge in [0.1, 0.15) is 18.4 Å². The quantitative estimate of drug-likeness (QED) is 0.745. The minimum absolute atomic E-state index is 0.0294. The first kappa shape index (κ1) is 21.7. The molecule has 0 radical (unpaired) electrons. The van der Waals surface area contributed by atoms with Gasteiger partial charge in [0, 0.05) is 31.4 Å². The summed E-state index contributed by atoms with van der Waals surface area (Å²) >= 11 is 5.87. The molecule has 2 aromatic rings. The van der Waals surface area contributed by atoms with Crippen molar-refractivity contribution in [1.29, 1.82) is 0 Å². The second-order valence-electron chi connectivity index (χ2n) is 8.74. The highest BCUT2D eigenvalue weighted by Gasteiger charge is 2.40. The van der Waals surface area contributed by atoms with E-state index in [2.05, 4.69) is 15.2 Å². The third-order valence-corrected chi connectivity index (χ3v) is 6.79. The number of piperidine rings is 1. The van der Waals surface area contributed by atoms with E-state index in [1.165, 1.54) is 11.1 Å². The molecular weight excluding hydrogens is 442 g/mol. The Kier molecular flexibility index (Phi) is 5.93. The molecule has 1 atom stereocenters. The van der Waals surface area contributed by atoms with Crippen molar-refractivity contribution in [3.05, 3.63) is 47.1 Å². The second kappa shape index (κ2) is 9.02. The number of anilines is 3. The zero-order valence-corrected chi connectivity index (χ0v) is 19.1. The van der Waals surface area contributed by atoms with Crippen LogP contribution >= 0.6 is 11.6 Å². The van der Waals surface area contributed by atoms with Gasteiger partial charge in [0.05, 0.1) is 16.4 Å². The number of nitrogens with one attached hydrogen (secondary N) is 1. The van der Waals surface area contributed by atoms with E-state index >= 15 is 0 Å². The fourth-order valence-electron chi connectivity index (χ4n) is 4.93. The molecule has 2 saturated heterocycles. The highest BCUT2D eigenvalue weighted by Crippen LogP contribution is 2.40. The highest BCUT2D eigenvalue weighted by molar-refractivity contribution is 6.30. The maximum absolute atomic E-state index is 13.5. The first-order valence-corrected chi connectivity index (χ1v) is 11.8. The predicted molar refractivity (Wildman–Crippen MR) is 127 cm³/mol. The molecule has 1 aromatic carbocycles. The second-order valence-corrected chi connectivity index (χ2v) is 9.18. The van der Waals surface area contributed by atoms with Crippen molar-refractivity contribution < 1.29 is 14.4 Å². The Balaban J connectivity index is 1.45. The number of pyridine rings is 1. The van der Waals surface area contributed by atoms with Gasteiger partial charge in [-0.25, -0.2) is 4.98 Å². The normalized spacial score (nSPS) is 19.8. The Bertz CT molecular complexity index is 1080. The van der Waals surface area contributed by atoms with Gasteiger partial charge in [0.25, 0.3) is 5.91 Å². The van der Waals surface area contributed by atoms with Crippen LogP contribution in [0.3, 0.4) is 0 Å². The number of rotatable bonds is 4. The molecule has 0 bridgehead atoms. The summed E-state index contributed by atoms with van der Waals surface area (Å²) in [6.07, 6.45) is 6.21. The molecule has 3 aliphatic rings. The summed E-state index contributed by atoms with van der Waals surface area (Å²) in [6.45, 7) is 2.14. The van der Waals surface area contributed by atoms with Crippen LogP contribution in [-0.4, -0.2) is 59.8 Å². The van der Waals surface area contributed by atoms with Gasteiger partial charge in [-0.05, 0) is 62.4 Å². The van der Waals surface area contributed by atoms with Crippen molar-refractivity contribution in [3.8, 4) is 0 Å². The summed E-state index contributed by atoms with van der Waals surface area (Å²) in [5.74, 6) is -0.124. The van der Waals surface area contributed by atoms with Crippen LogP contribution in [0.15, 0.2) is 36.5 Å². The molecule has 4 heterocycles. The van der Waals surface area contributed by atoms with Crippen LogP contribution in [0.25, 0.3) is 0 Å². The Morgan fingerprint density at radius 1 is 1.03 bits per heavy atom. The number of likely N-dealkylation sites (tertiary alicyclic amines) is 1. The summed E-state index contributed by atoms with van der Waals surface area (Å²) in [6, 6.07) is 8.51. The van der Waals surface area contributed by atoms with E-state index in [-0.39, 0.29) is 30.3 Å². The van der Waals surface area contributed by atoms with E-state index in [0.717, 1.165) is 57.4 Å². The van der Waals surface area contributed by atoms with E-state index in [0.29, 0.717) is 22.1 Å². The van der Waals surface area contributed by atoms with Crippen molar-refractivity contribution >= 4 is 46.5 Å². The monoisotopic (exact) mass is 467 g/mol. The first-order chi connectivity index (χ1) is 16.0. The minimum Gasteiger partial charge on any atom is -0.358 e. The van der Waals surface area contributed by atoms with Crippen LogP contribution in [0.1, 0.15) is 42.5 Å². The molecule has 5 rings (SSSR count). The van der Waals surface area contributed by atoms with Crippen molar-refractivity contribution in [1.82, 2.24) is 9.88 Å². The number of hydrogen-bond donors (Lipinski definition) is 1. The van der Waals surface area contributed by atoms with Crippen LogP contribution in [0.4, 0.5) is 17.2 Å². The molecule has 2 fully saturated rings. The zero-order chi connectivity index (χ0) is 22.9. The smallest absolute Gasteiger partial charge is 0.253 e. The van der Waals surface area contributed by atoms with Gasteiger partial charge in [-0.15, -0.1) is 0 Å². The number of halogens is 1. The largest absolute Gasteiger partial charge is 0.358 e. The maximum Gasteiger partial charge on any atom is 0.253 e. The summed E-state index contributed by atoms with van der Waals surface area (Å²) in [5, 5.41) is 3.20. The maximum atomic E-state index is 13.5. The van der Waals surface area contributed by atoms with Gasteiger partial charge in [0.15, 0.2) is 0 Å². The third-order valence-electron chi connectivity index (χ3n) is 6.57. The fraction of sp³-hybridized carbons (Fsp3) is 0.417. The Hall–Kier alpha value is -3.13. The van der Waals surface area contributed by atoms with Gasteiger partial charge in [-0.2, -0.15) is 0 Å². The highest BCUT2D eigenvalue weighted by atomic mass is 35.5. The van der Waals surface area contributed by atoms with Crippen molar-refractivity contribution in [2.75, 3.05) is 41.3 Å². The lowest BCUT2D eigenvalue weighted by atomic mass is 9.95. The summed E-state index contributed by atoms with van der Waals surface area (Å²) < 4.78 is 0. The SMILES string of the molecule is O=C(CN1C(=O)C2CCCCN2c2ccc(C(=O)N3CCCC3)cc21)Nc1ccc(Cl)cn1. The molecule has 33 heavy (non-hydrogen) atoms. The number of amides is 3. The predicted octanol–water partition coefficient (Wildman–Crippen LogP) is 3.32. The third kappa shape index (κ3) is 4.27. The van der Waals surface area contributed by atoms with Crippen LogP contribution in [0.5, 0.6) is 0 Å². The van der Waals surface area contributed by atoms with E-state index < -0.39 is 0 Å². The minimum atomic E-state index is -0.357. The molecule has 3 amide bonds. The Labute approximate surface area is 197 Å². The molecule has 1 aromatic heterocycles. The van der Waals surface area contributed by atoms with Gasteiger partial charge >= 0.3 is 0 Å². The van der Waals surface area contributed by atoms with E-state index in [9.17, 15) is 14.4 Å². The molecule has 8 nitrogen and oxygen atoms in total. The van der Waals surface area contributed by atoms with Crippen molar-refractivity contribution in [2.45, 2.75) is 38.1 Å². The Morgan fingerprint density at radius 3 is 2.58 bits per heavy atom. The number of benzene rings is 1. The molecular formula is C24H26ClN5O3. The molecule has 3 aliphatic heterocycles. The summed E-state index contributed by atoms with van der Waals surface area (Å²) in [7, 11) is 0. The summed E-state index contributed by atoms with van der Waals surface area (Å²) in [5.41, 5.74) is 2.06. The van der Waals surface area contributed by atoms with Crippen LogP contribution in [-0.2, 0) is 9.59 Å². The Morgan fingerprint density at radius 2 is 1.82 bits per heavy atom. The number of carbonyl (C=O) groups is 3.